The van der Waals surface area contributed by atoms with E-state index in [1.165, 1.54) is 25.3 Å². The van der Waals surface area contributed by atoms with Gasteiger partial charge in [0, 0.05) is 17.3 Å². The fourth-order valence-corrected chi connectivity index (χ4v) is 1.98. The predicted molar refractivity (Wildman–Crippen MR) is 85.2 cm³/mol. The minimum Gasteiger partial charge on any atom is -0.494 e. The molecule has 2 aromatic rings. The highest BCUT2D eigenvalue weighted by Crippen LogP contribution is 2.28. The molecule has 2 aromatic carbocycles. The highest BCUT2D eigenvalue weighted by atomic mass is 16.6. The van der Waals surface area contributed by atoms with Gasteiger partial charge < -0.3 is 14.8 Å². The molecular weight excluding hydrogens is 300 g/mol. The average Bonchev–Trinajstić information content (AvgIpc) is 2.56. The first kappa shape index (κ1) is 16.3. The molecule has 23 heavy (non-hydrogen) atoms. The first-order valence-corrected chi connectivity index (χ1v) is 6.91. The van der Waals surface area contributed by atoms with Crippen LogP contribution in [0.25, 0.3) is 0 Å². The number of benzene rings is 2. The summed E-state index contributed by atoms with van der Waals surface area (Å²) in [6, 6.07) is 10.9. The summed E-state index contributed by atoms with van der Waals surface area (Å²) in [5.41, 5.74) is 0.482. The number of amides is 1. The van der Waals surface area contributed by atoms with Gasteiger partial charge in [-0.25, -0.2) is 0 Å². The summed E-state index contributed by atoms with van der Waals surface area (Å²) in [6.45, 7) is 2.44. The van der Waals surface area contributed by atoms with Crippen molar-refractivity contribution in [3.8, 4) is 11.5 Å². The lowest BCUT2D eigenvalue weighted by Gasteiger charge is -2.08. The number of ether oxygens (including phenoxy) is 2. The number of hydrogen-bond donors (Lipinski definition) is 1. The molecule has 0 heterocycles. The van der Waals surface area contributed by atoms with Crippen molar-refractivity contribution >= 4 is 17.3 Å². The standard InChI is InChI=1S/C16H16N2O5/c1-3-23-13-7-5-12(6-8-13)17-16(19)11-4-9-15(22-2)14(10-11)18(20)21/h4-10H,3H2,1-2H3,(H,17,19). The van der Waals surface area contributed by atoms with Gasteiger partial charge in [-0.05, 0) is 43.3 Å². The molecule has 2 rings (SSSR count). The fraction of sp³-hybridized carbons (Fsp3) is 0.188. The summed E-state index contributed by atoms with van der Waals surface area (Å²) >= 11 is 0. The largest absolute Gasteiger partial charge is 0.494 e. The molecule has 1 N–H and O–H groups in total. The minimum atomic E-state index is -0.591. The molecule has 1 amide bonds. The van der Waals surface area contributed by atoms with E-state index in [-0.39, 0.29) is 17.0 Å². The molecule has 0 aromatic heterocycles. The molecule has 0 saturated carbocycles. The van der Waals surface area contributed by atoms with E-state index in [2.05, 4.69) is 5.32 Å². The van der Waals surface area contributed by atoms with E-state index in [0.717, 1.165) is 0 Å². The molecule has 7 heteroatoms. The van der Waals surface area contributed by atoms with Crippen LogP contribution in [0.1, 0.15) is 17.3 Å². The third-order valence-electron chi connectivity index (χ3n) is 3.06. The maximum Gasteiger partial charge on any atom is 0.311 e. The van der Waals surface area contributed by atoms with Crippen molar-refractivity contribution in [1.82, 2.24) is 0 Å². The van der Waals surface area contributed by atoms with Crippen molar-refractivity contribution in [3.05, 3.63) is 58.1 Å². The van der Waals surface area contributed by atoms with Crippen molar-refractivity contribution in [3.63, 3.8) is 0 Å². The van der Waals surface area contributed by atoms with Crippen LogP contribution in [-0.2, 0) is 0 Å². The van der Waals surface area contributed by atoms with Crippen molar-refractivity contribution in [2.75, 3.05) is 19.0 Å². The number of rotatable bonds is 6. The quantitative estimate of drug-likeness (QED) is 0.652. The van der Waals surface area contributed by atoms with Gasteiger partial charge in [0.15, 0.2) is 5.75 Å². The molecule has 0 atom stereocenters. The predicted octanol–water partition coefficient (Wildman–Crippen LogP) is 3.25. The Morgan fingerprint density at radius 1 is 1.22 bits per heavy atom. The molecule has 0 aliphatic carbocycles. The molecule has 120 valence electrons. The molecule has 0 aliphatic rings. The second-order valence-corrected chi connectivity index (χ2v) is 4.56. The van der Waals surface area contributed by atoms with Crippen molar-refractivity contribution in [1.29, 1.82) is 0 Å². The van der Waals surface area contributed by atoms with Crippen LogP contribution in [0.15, 0.2) is 42.5 Å². The molecule has 0 bridgehead atoms. The van der Waals surface area contributed by atoms with Crippen molar-refractivity contribution in [2.24, 2.45) is 0 Å². The number of nitrogens with one attached hydrogen (secondary N) is 1. The van der Waals surface area contributed by atoms with E-state index in [1.54, 1.807) is 24.3 Å². The van der Waals surface area contributed by atoms with E-state index >= 15 is 0 Å². The van der Waals surface area contributed by atoms with Crippen LogP contribution in [0.5, 0.6) is 11.5 Å². The smallest absolute Gasteiger partial charge is 0.311 e. The van der Waals surface area contributed by atoms with Crippen LogP contribution in [0.2, 0.25) is 0 Å². The second kappa shape index (κ2) is 7.26. The Labute approximate surface area is 133 Å². The van der Waals surface area contributed by atoms with Gasteiger partial charge in [-0.3, -0.25) is 14.9 Å². The Hall–Kier alpha value is -3.09. The van der Waals surface area contributed by atoms with Crippen LogP contribution in [0.3, 0.4) is 0 Å². The van der Waals surface area contributed by atoms with Gasteiger partial charge in [-0.1, -0.05) is 0 Å². The minimum absolute atomic E-state index is 0.104. The van der Waals surface area contributed by atoms with Gasteiger partial charge in [0.05, 0.1) is 18.6 Å². The Morgan fingerprint density at radius 2 is 1.91 bits per heavy atom. The number of methoxy groups -OCH3 is 1. The topological polar surface area (TPSA) is 90.7 Å². The third-order valence-corrected chi connectivity index (χ3v) is 3.06. The Kier molecular flexibility index (Phi) is 5.14. The summed E-state index contributed by atoms with van der Waals surface area (Å²) in [5.74, 6) is 0.359. The van der Waals surface area contributed by atoms with E-state index in [1.807, 2.05) is 6.92 Å². The molecule has 0 spiro atoms. The molecule has 0 unspecified atom stereocenters. The van der Waals surface area contributed by atoms with Gasteiger partial charge >= 0.3 is 5.69 Å². The van der Waals surface area contributed by atoms with Crippen LogP contribution in [0.4, 0.5) is 11.4 Å². The highest BCUT2D eigenvalue weighted by Gasteiger charge is 2.18. The lowest BCUT2D eigenvalue weighted by Crippen LogP contribution is -2.12. The number of carbonyl (C=O) groups excluding carboxylic acids is 1. The normalized spacial score (nSPS) is 10.0. The monoisotopic (exact) mass is 316 g/mol. The van der Waals surface area contributed by atoms with E-state index < -0.39 is 10.8 Å². The van der Waals surface area contributed by atoms with E-state index in [4.69, 9.17) is 9.47 Å². The number of nitro benzene ring substituents is 1. The second-order valence-electron chi connectivity index (χ2n) is 4.56. The van der Waals surface area contributed by atoms with E-state index in [9.17, 15) is 14.9 Å². The van der Waals surface area contributed by atoms with Gasteiger partial charge in [0.1, 0.15) is 5.75 Å². The average molecular weight is 316 g/mol. The SMILES string of the molecule is CCOc1ccc(NC(=O)c2ccc(OC)c([N+](=O)[O-])c2)cc1. The zero-order valence-corrected chi connectivity index (χ0v) is 12.7. The summed E-state index contributed by atoms with van der Waals surface area (Å²) in [4.78, 5) is 22.6. The van der Waals surface area contributed by atoms with Gasteiger partial charge in [0.2, 0.25) is 0 Å². The maximum atomic E-state index is 12.2. The number of hydrogen-bond acceptors (Lipinski definition) is 5. The molecule has 0 saturated heterocycles. The highest BCUT2D eigenvalue weighted by molar-refractivity contribution is 6.04. The third kappa shape index (κ3) is 3.97. The maximum absolute atomic E-state index is 12.2. The van der Waals surface area contributed by atoms with Crippen LogP contribution in [0, 0.1) is 10.1 Å². The lowest BCUT2D eigenvalue weighted by atomic mass is 10.1. The van der Waals surface area contributed by atoms with Crippen LogP contribution < -0.4 is 14.8 Å². The zero-order valence-electron chi connectivity index (χ0n) is 12.7. The molecule has 0 aliphatic heterocycles. The number of nitrogens with zero attached hydrogens (tertiary/aromatic N) is 1. The fourth-order valence-electron chi connectivity index (χ4n) is 1.98. The number of anilines is 1. The Bertz CT molecular complexity index is 713. The van der Waals surface area contributed by atoms with Gasteiger partial charge in [-0.15, -0.1) is 0 Å². The van der Waals surface area contributed by atoms with Crippen molar-refractivity contribution < 1.29 is 19.2 Å². The Morgan fingerprint density at radius 3 is 2.48 bits per heavy atom. The summed E-state index contributed by atoms with van der Waals surface area (Å²) in [5, 5.41) is 13.7. The number of nitro groups is 1. The first-order chi connectivity index (χ1) is 11.0. The zero-order chi connectivity index (χ0) is 16.8. The summed E-state index contributed by atoms with van der Waals surface area (Å²) in [6.07, 6.45) is 0. The van der Waals surface area contributed by atoms with Gasteiger partial charge in [-0.2, -0.15) is 0 Å². The summed E-state index contributed by atoms with van der Waals surface area (Å²) in [7, 11) is 1.34. The summed E-state index contributed by atoms with van der Waals surface area (Å²) < 4.78 is 10.2. The van der Waals surface area contributed by atoms with Crippen molar-refractivity contribution in [2.45, 2.75) is 6.92 Å². The number of carbonyl (C=O) groups is 1. The van der Waals surface area contributed by atoms with Crippen LogP contribution >= 0.6 is 0 Å². The lowest BCUT2D eigenvalue weighted by molar-refractivity contribution is -0.385. The van der Waals surface area contributed by atoms with Crippen LogP contribution in [-0.4, -0.2) is 24.5 Å². The van der Waals surface area contributed by atoms with E-state index in [0.29, 0.717) is 18.0 Å². The Balaban J connectivity index is 2.17. The van der Waals surface area contributed by atoms with Gasteiger partial charge in [0.25, 0.3) is 5.91 Å². The first-order valence-electron chi connectivity index (χ1n) is 6.91. The molecular formula is C16H16N2O5. The molecule has 7 nitrogen and oxygen atoms in total. The molecule has 0 fully saturated rings. The molecule has 0 radical (unpaired) electrons.